The molecule has 1 aromatic heterocycles. The number of aryl methyl sites for hydroxylation is 1. The molecule has 0 unspecified atom stereocenters. The van der Waals surface area contributed by atoms with Gasteiger partial charge in [-0.25, -0.2) is 22.8 Å². The quantitative estimate of drug-likeness (QED) is 0.597. The Kier molecular flexibility index (Phi) is 7.48. The molecule has 2 heterocycles. The molecule has 0 radical (unpaired) electrons. The molecule has 9 heteroatoms. The number of hydrogen-bond donors (Lipinski definition) is 0. The van der Waals surface area contributed by atoms with E-state index in [0.717, 1.165) is 81.9 Å². The monoisotopic (exact) mass is 477 g/mol. The summed E-state index contributed by atoms with van der Waals surface area (Å²) in [5.74, 6) is 0.254. The molecule has 2 aliphatic rings. The number of hydrogen-bond acceptors (Lipinski definition) is 7. The highest BCUT2D eigenvalue weighted by molar-refractivity contribution is 7.90. The molecule has 0 N–H and O–H groups in total. The lowest BCUT2D eigenvalue weighted by atomic mass is 9.94. The predicted molar refractivity (Wildman–Crippen MR) is 124 cm³/mol. The zero-order chi connectivity index (χ0) is 23.4. The minimum atomic E-state index is -3.44. The maximum atomic E-state index is 14.3. The number of rotatable bonds is 7. The summed E-state index contributed by atoms with van der Waals surface area (Å²) in [6, 6.07) is 3.81. The van der Waals surface area contributed by atoms with Gasteiger partial charge >= 0.3 is 0 Å². The number of ether oxygens (including phenoxy) is 2. The van der Waals surface area contributed by atoms with Crippen molar-refractivity contribution in [3.05, 3.63) is 42.0 Å². The second-order valence-electron chi connectivity index (χ2n) is 8.95. The van der Waals surface area contributed by atoms with E-state index < -0.39 is 15.7 Å². The molecule has 0 bridgehead atoms. The first-order chi connectivity index (χ1) is 15.8. The summed E-state index contributed by atoms with van der Waals surface area (Å²) in [4.78, 5) is 11.1. The van der Waals surface area contributed by atoms with E-state index in [1.807, 2.05) is 12.4 Å². The van der Waals surface area contributed by atoms with E-state index in [1.54, 1.807) is 0 Å². The lowest BCUT2D eigenvalue weighted by Crippen LogP contribution is -2.40. The summed E-state index contributed by atoms with van der Waals surface area (Å²) >= 11 is 0. The average Bonchev–Trinajstić information content (AvgIpc) is 2.81. The van der Waals surface area contributed by atoms with Gasteiger partial charge in [-0.1, -0.05) is 6.92 Å². The number of benzene rings is 1. The summed E-state index contributed by atoms with van der Waals surface area (Å²) in [6.45, 7) is 3.87. The van der Waals surface area contributed by atoms with Gasteiger partial charge in [0.15, 0.2) is 21.4 Å². The Morgan fingerprint density at radius 3 is 2.18 bits per heavy atom. The number of nitrogens with zero attached hydrogens (tertiary/aromatic N) is 3. The first kappa shape index (κ1) is 23.9. The van der Waals surface area contributed by atoms with Crippen molar-refractivity contribution in [2.24, 2.45) is 0 Å². The Morgan fingerprint density at radius 1 is 1.00 bits per heavy atom. The van der Waals surface area contributed by atoms with Crippen LogP contribution >= 0.6 is 0 Å². The third-order valence-electron chi connectivity index (χ3n) is 6.46. The van der Waals surface area contributed by atoms with E-state index in [9.17, 15) is 12.8 Å². The highest BCUT2D eigenvalue weighted by Gasteiger charge is 2.28. The smallest absolute Gasteiger partial charge is 0.225 e. The molecule has 1 saturated heterocycles. The van der Waals surface area contributed by atoms with Crippen molar-refractivity contribution in [3.63, 3.8) is 0 Å². The molecule has 1 saturated carbocycles. The van der Waals surface area contributed by atoms with Crippen LogP contribution in [-0.2, 0) is 21.0 Å². The molecule has 33 heavy (non-hydrogen) atoms. The lowest BCUT2D eigenvalue weighted by Gasteiger charge is -2.36. The third kappa shape index (κ3) is 6.20. The van der Waals surface area contributed by atoms with E-state index >= 15 is 0 Å². The van der Waals surface area contributed by atoms with Crippen molar-refractivity contribution in [2.45, 2.75) is 75.1 Å². The van der Waals surface area contributed by atoms with Crippen molar-refractivity contribution in [2.75, 3.05) is 24.2 Å². The molecule has 2 aromatic rings. The fraction of sp³-hybridized carbons (Fsp3) is 0.583. The van der Waals surface area contributed by atoms with Crippen molar-refractivity contribution < 1.29 is 22.3 Å². The van der Waals surface area contributed by atoms with Crippen LogP contribution in [0, 0.1) is 5.82 Å². The van der Waals surface area contributed by atoms with Gasteiger partial charge < -0.3 is 14.4 Å². The summed E-state index contributed by atoms with van der Waals surface area (Å²) in [5.41, 5.74) is 1.14. The molecule has 7 nitrogen and oxygen atoms in total. The SMILES string of the molecule is CCc1cnc(N2CCC(O[C@H]3CC[C@H](Oc4ccc(S(C)(=O)=O)cc4F)CC3)CC2)nc1. The summed E-state index contributed by atoms with van der Waals surface area (Å²) in [6.07, 6.45) is 11.4. The Labute approximate surface area is 195 Å². The summed E-state index contributed by atoms with van der Waals surface area (Å²) in [7, 11) is -3.44. The number of halogens is 1. The van der Waals surface area contributed by atoms with Gasteiger partial charge in [-0.3, -0.25) is 0 Å². The van der Waals surface area contributed by atoms with Crippen LogP contribution in [-0.4, -0.2) is 56.0 Å². The topological polar surface area (TPSA) is 81.6 Å². The first-order valence-electron chi connectivity index (χ1n) is 11.7. The van der Waals surface area contributed by atoms with Crippen LogP contribution in [0.3, 0.4) is 0 Å². The predicted octanol–water partition coefficient (Wildman–Crippen LogP) is 3.96. The fourth-order valence-corrected chi connectivity index (χ4v) is 5.06. The van der Waals surface area contributed by atoms with E-state index in [-0.39, 0.29) is 29.0 Å². The molecule has 0 amide bonds. The second-order valence-corrected chi connectivity index (χ2v) is 11.0. The van der Waals surface area contributed by atoms with Crippen molar-refractivity contribution in [1.82, 2.24) is 9.97 Å². The van der Waals surface area contributed by atoms with Crippen LogP contribution in [0.25, 0.3) is 0 Å². The zero-order valence-corrected chi connectivity index (χ0v) is 20.1. The molecular formula is C24H32FN3O4S. The van der Waals surface area contributed by atoms with Gasteiger partial charge in [-0.15, -0.1) is 0 Å². The third-order valence-corrected chi connectivity index (χ3v) is 7.57. The standard InChI is InChI=1S/C24H32FN3O4S/c1-3-17-15-26-24(27-16-17)28-12-10-20(11-13-28)31-18-4-6-19(7-5-18)32-23-9-8-21(14-22(23)25)33(2,29)30/h8-9,14-16,18-20H,3-7,10-13H2,1-2H3/t18-,19-. The van der Waals surface area contributed by atoms with E-state index in [2.05, 4.69) is 21.8 Å². The Hall–Kier alpha value is -2.26. The first-order valence-corrected chi connectivity index (χ1v) is 13.6. The van der Waals surface area contributed by atoms with Gasteiger partial charge in [0.05, 0.1) is 23.2 Å². The van der Waals surface area contributed by atoms with Crippen LogP contribution < -0.4 is 9.64 Å². The Bertz CT molecular complexity index is 1030. The number of piperidine rings is 1. The van der Waals surface area contributed by atoms with Gasteiger partial charge in [0.1, 0.15) is 0 Å². The van der Waals surface area contributed by atoms with Crippen molar-refractivity contribution >= 4 is 15.8 Å². The summed E-state index contributed by atoms with van der Waals surface area (Å²) in [5, 5.41) is 0. The maximum Gasteiger partial charge on any atom is 0.225 e. The minimum Gasteiger partial charge on any atom is -0.487 e. The van der Waals surface area contributed by atoms with Crippen molar-refractivity contribution in [1.29, 1.82) is 0 Å². The van der Waals surface area contributed by atoms with Crippen LogP contribution in [0.15, 0.2) is 35.5 Å². The fourth-order valence-electron chi connectivity index (χ4n) is 4.43. The minimum absolute atomic E-state index is 0.0416. The second kappa shape index (κ2) is 10.3. The van der Waals surface area contributed by atoms with E-state index in [4.69, 9.17) is 9.47 Å². The van der Waals surface area contributed by atoms with Gasteiger partial charge in [-0.05, 0) is 68.7 Å². The average molecular weight is 478 g/mol. The maximum absolute atomic E-state index is 14.3. The lowest BCUT2D eigenvalue weighted by molar-refractivity contribution is -0.0530. The van der Waals surface area contributed by atoms with Crippen molar-refractivity contribution in [3.8, 4) is 5.75 Å². The van der Waals surface area contributed by atoms with Crippen LogP contribution in [0.5, 0.6) is 5.75 Å². The molecule has 2 fully saturated rings. The molecule has 1 aliphatic heterocycles. The number of anilines is 1. The van der Waals surface area contributed by atoms with Gasteiger partial charge in [-0.2, -0.15) is 0 Å². The highest BCUT2D eigenvalue weighted by Crippen LogP contribution is 2.30. The molecule has 180 valence electrons. The normalized spacial score (nSPS) is 22.3. The molecule has 4 rings (SSSR count). The van der Waals surface area contributed by atoms with Gasteiger partial charge in [0, 0.05) is 31.7 Å². The molecular weight excluding hydrogens is 445 g/mol. The van der Waals surface area contributed by atoms with E-state index in [1.165, 1.54) is 12.1 Å². The number of aromatic nitrogens is 2. The largest absolute Gasteiger partial charge is 0.487 e. The Balaban J connectivity index is 1.21. The molecule has 1 aromatic carbocycles. The molecule has 0 spiro atoms. The molecule has 1 aliphatic carbocycles. The Morgan fingerprint density at radius 2 is 1.61 bits per heavy atom. The van der Waals surface area contributed by atoms with Gasteiger partial charge in [0.2, 0.25) is 5.95 Å². The van der Waals surface area contributed by atoms with Crippen LogP contribution in [0.1, 0.15) is 51.0 Å². The van der Waals surface area contributed by atoms with Crippen LogP contribution in [0.4, 0.5) is 10.3 Å². The highest BCUT2D eigenvalue weighted by atomic mass is 32.2. The zero-order valence-electron chi connectivity index (χ0n) is 19.2. The van der Waals surface area contributed by atoms with Crippen LogP contribution in [0.2, 0.25) is 0 Å². The summed E-state index contributed by atoms with van der Waals surface area (Å²) < 4.78 is 49.6. The van der Waals surface area contributed by atoms with Gasteiger partial charge in [0.25, 0.3) is 0 Å². The van der Waals surface area contributed by atoms with E-state index in [0.29, 0.717) is 0 Å². The number of sulfone groups is 1. The molecule has 0 atom stereocenters.